The summed E-state index contributed by atoms with van der Waals surface area (Å²) >= 11 is 0. The van der Waals surface area contributed by atoms with Crippen molar-refractivity contribution in [2.24, 2.45) is 0 Å². The van der Waals surface area contributed by atoms with Gasteiger partial charge in [-0.2, -0.15) is 0 Å². The molecule has 0 radical (unpaired) electrons. The SMILES string of the molecule is CCN(CC)C(=O)c1ccc(NC(=O)CN(C)CC(=O)NC(C)C)cc1. The number of benzene rings is 1. The van der Waals surface area contributed by atoms with Crippen LogP contribution in [-0.4, -0.2) is 66.8 Å². The summed E-state index contributed by atoms with van der Waals surface area (Å²) in [5.41, 5.74) is 1.21. The summed E-state index contributed by atoms with van der Waals surface area (Å²) < 4.78 is 0. The number of amides is 3. The van der Waals surface area contributed by atoms with Crippen LogP contribution in [0.1, 0.15) is 38.1 Å². The Morgan fingerprint density at radius 2 is 1.50 bits per heavy atom. The van der Waals surface area contributed by atoms with Gasteiger partial charge in [-0.15, -0.1) is 0 Å². The highest BCUT2D eigenvalue weighted by Crippen LogP contribution is 2.11. The lowest BCUT2D eigenvalue weighted by Gasteiger charge is -2.19. The molecule has 0 heterocycles. The molecule has 0 spiro atoms. The first-order valence-corrected chi connectivity index (χ1v) is 8.93. The van der Waals surface area contributed by atoms with Crippen LogP contribution in [0.5, 0.6) is 0 Å². The Kier molecular flexibility index (Phi) is 8.78. The van der Waals surface area contributed by atoms with Gasteiger partial charge in [0.25, 0.3) is 5.91 Å². The molecule has 0 aromatic heterocycles. The number of rotatable bonds is 9. The minimum absolute atomic E-state index is 0.0243. The van der Waals surface area contributed by atoms with Gasteiger partial charge in [0.05, 0.1) is 13.1 Å². The summed E-state index contributed by atoms with van der Waals surface area (Å²) in [7, 11) is 1.71. The van der Waals surface area contributed by atoms with E-state index in [0.717, 1.165) is 0 Å². The number of carbonyl (C=O) groups excluding carboxylic acids is 3. The molecule has 7 heteroatoms. The molecular weight excluding hydrogens is 332 g/mol. The highest BCUT2D eigenvalue weighted by atomic mass is 16.2. The molecule has 0 fully saturated rings. The van der Waals surface area contributed by atoms with Crippen LogP contribution in [0.25, 0.3) is 0 Å². The van der Waals surface area contributed by atoms with E-state index in [4.69, 9.17) is 0 Å². The zero-order valence-electron chi connectivity index (χ0n) is 16.3. The summed E-state index contributed by atoms with van der Waals surface area (Å²) in [4.78, 5) is 39.4. The summed E-state index contributed by atoms with van der Waals surface area (Å²) in [5, 5.41) is 5.56. The molecule has 1 aromatic carbocycles. The van der Waals surface area contributed by atoms with Gasteiger partial charge in [0, 0.05) is 30.4 Å². The van der Waals surface area contributed by atoms with Crippen LogP contribution in [0.4, 0.5) is 5.69 Å². The summed E-state index contributed by atoms with van der Waals surface area (Å²) in [5.74, 6) is -0.356. The number of nitrogens with zero attached hydrogens (tertiary/aromatic N) is 2. The average molecular weight is 362 g/mol. The lowest BCUT2D eigenvalue weighted by atomic mass is 10.1. The number of hydrogen-bond donors (Lipinski definition) is 2. The van der Waals surface area contributed by atoms with Crippen LogP contribution < -0.4 is 10.6 Å². The first-order valence-electron chi connectivity index (χ1n) is 8.93. The normalized spacial score (nSPS) is 10.7. The molecule has 0 unspecified atom stereocenters. The molecule has 3 amide bonds. The van der Waals surface area contributed by atoms with Crippen LogP contribution in [0.15, 0.2) is 24.3 Å². The Bertz CT molecular complexity index is 610. The Labute approximate surface area is 155 Å². The van der Waals surface area contributed by atoms with Gasteiger partial charge < -0.3 is 15.5 Å². The van der Waals surface area contributed by atoms with Crippen LogP contribution in [-0.2, 0) is 9.59 Å². The molecule has 0 aliphatic carbocycles. The van der Waals surface area contributed by atoms with Crippen molar-refractivity contribution in [1.29, 1.82) is 0 Å². The molecule has 0 saturated carbocycles. The molecule has 144 valence electrons. The number of hydrogen-bond acceptors (Lipinski definition) is 4. The molecule has 0 aliphatic rings. The largest absolute Gasteiger partial charge is 0.353 e. The Morgan fingerprint density at radius 3 is 2.00 bits per heavy atom. The van der Waals surface area contributed by atoms with E-state index in [9.17, 15) is 14.4 Å². The van der Waals surface area contributed by atoms with E-state index in [1.807, 2.05) is 27.7 Å². The fourth-order valence-corrected chi connectivity index (χ4v) is 2.50. The third-order valence-electron chi connectivity index (χ3n) is 3.74. The molecule has 0 atom stereocenters. The van der Waals surface area contributed by atoms with Gasteiger partial charge >= 0.3 is 0 Å². The molecule has 0 bridgehead atoms. The van der Waals surface area contributed by atoms with Crippen molar-refractivity contribution >= 4 is 23.4 Å². The molecule has 1 rings (SSSR count). The lowest BCUT2D eigenvalue weighted by Crippen LogP contribution is -2.41. The molecule has 7 nitrogen and oxygen atoms in total. The lowest BCUT2D eigenvalue weighted by molar-refractivity contribution is -0.123. The molecule has 0 aliphatic heterocycles. The summed E-state index contributed by atoms with van der Waals surface area (Å²) in [6, 6.07) is 6.90. The van der Waals surface area contributed by atoms with Crippen LogP contribution in [0.3, 0.4) is 0 Å². The number of carbonyl (C=O) groups is 3. The van der Waals surface area contributed by atoms with E-state index in [1.54, 1.807) is 41.1 Å². The maximum Gasteiger partial charge on any atom is 0.253 e. The van der Waals surface area contributed by atoms with Crippen molar-refractivity contribution in [2.75, 3.05) is 38.5 Å². The van der Waals surface area contributed by atoms with Gasteiger partial charge in [-0.3, -0.25) is 19.3 Å². The first kappa shape index (κ1) is 21.6. The Hall–Kier alpha value is -2.41. The van der Waals surface area contributed by atoms with Gasteiger partial charge in [0.2, 0.25) is 11.8 Å². The predicted octanol–water partition coefficient (Wildman–Crippen LogP) is 1.56. The van der Waals surface area contributed by atoms with E-state index in [1.165, 1.54) is 0 Å². The zero-order chi connectivity index (χ0) is 19.7. The number of anilines is 1. The minimum atomic E-state index is -0.215. The predicted molar refractivity (Wildman–Crippen MR) is 103 cm³/mol. The third-order valence-corrected chi connectivity index (χ3v) is 3.74. The smallest absolute Gasteiger partial charge is 0.253 e. The van der Waals surface area contributed by atoms with Crippen LogP contribution in [0, 0.1) is 0 Å². The van der Waals surface area contributed by atoms with E-state index in [-0.39, 0.29) is 36.9 Å². The monoisotopic (exact) mass is 362 g/mol. The van der Waals surface area contributed by atoms with E-state index < -0.39 is 0 Å². The van der Waals surface area contributed by atoms with Crippen molar-refractivity contribution in [3.63, 3.8) is 0 Å². The molecule has 1 aromatic rings. The molecule has 26 heavy (non-hydrogen) atoms. The van der Waals surface area contributed by atoms with Crippen molar-refractivity contribution in [2.45, 2.75) is 33.7 Å². The highest BCUT2D eigenvalue weighted by molar-refractivity contribution is 5.96. The van der Waals surface area contributed by atoms with E-state index in [2.05, 4.69) is 10.6 Å². The number of nitrogens with one attached hydrogen (secondary N) is 2. The maximum absolute atomic E-state index is 12.3. The average Bonchev–Trinajstić information content (AvgIpc) is 2.55. The van der Waals surface area contributed by atoms with Crippen LogP contribution in [0.2, 0.25) is 0 Å². The summed E-state index contributed by atoms with van der Waals surface area (Å²) in [6.07, 6.45) is 0. The van der Waals surface area contributed by atoms with Gasteiger partial charge in [-0.1, -0.05) is 0 Å². The molecule has 0 saturated heterocycles. The van der Waals surface area contributed by atoms with E-state index >= 15 is 0 Å². The second-order valence-corrected chi connectivity index (χ2v) is 6.50. The standard InChI is InChI=1S/C19H30N4O3/c1-6-23(7-2)19(26)15-8-10-16(11-9-15)21-18(25)13-22(5)12-17(24)20-14(3)4/h8-11,14H,6-7,12-13H2,1-5H3,(H,20,24)(H,21,25). The second kappa shape index (κ2) is 10.6. The quantitative estimate of drug-likeness (QED) is 0.699. The fourth-order valence-electron chi connectivity index (χ4n) is 2.50. The van der Waals surface area contributed by atoms with Gasteiger partial charge in [0.15, 0.2) is 0 Å². The van der Waals surface area contributed by atoms with Crippen molar-refractivity contribution in [3.05, 3.63) is 29.8 Å². The highest BCUT2D eigenvalue weighted by Gasteiger charge is 2.14. The fraction of sp³-hybridized carbons (Fsp3) is 0.526. The Balaban J connectivity index is 2.54. The van der Waals surface area contributed by atoms with Gasteiger partial charge in [-0.05, 0) is 59.0 Å². The van der Waals surface area contributed by atoms with Gasteiger partial charge in [-0.25, -0.2) is 0 Å². The van der Waals surface area contributed by atoms with Crippen LogP contribution >= 0.6 is 0 Å². The zero-order valence-corrected chi connectivity index (χ0v) is 16.3. The topological polar surface area (TPSA) is 81.8 Å². The number of likely N-dealkylation sites (N-methyl/N-ethyl adjacent to an activating group) is 1. The molecular formula is C19H30N4O3. The van der Waals surface area contributed by atoms with Crippen molar-refractivity contribution in [1.82, 2.24) is 15.1 Å². The minimum Gasteiger partial charge on any atom is -0.353 e. The van der Waals surface area contributed by atoms with Crippen molar-refractivity contribution in [3.8, 4) is 0 Å². The van der Waals surface area contributed by atoms with E-state index in [0.29, 0.717) is 24.3 Å². The van der Waals surface area contributed by atoms with Gasteiger partial charge in [0.1, 0.15) is 0 Å². The second-order valence-electron chi connectivity index (χ2n) is 6.50. The Morgan fingerprint density at radius 1 is 0.962 bits per heavy atom. The summed E-state index contributed by atoms with van der Waals surface area (Å²) in [6.45, 7) is 9.23. The molecule has 2 N–H and O–H groups in total. The third kappa shape index (κ3) is 7.23. The maximum atomic E-state index is 12.3. The van der Waals surface area contributed by atoms with Crippen molar-refractivity contribution < 1.29 is 14.4 Å². The first-order chi connectivity index (χ1) is 12.3.